The van der Waals surface area contributed by atoms with E-state index in [1.807, 2.05) is 5.38 Å². The van der Waals surface area contributed by atoms with Gasteiger partial charge in [-0.05, 0) is 29.6 Å². The zero-order chi connectivity index (χ0) is 15.4. The van der Waals surface area contributed by atoms with E-state index in [0.717, 1.165) is 0 Å². The van der Waals surface area contributed by atoms with Crippen molar-refractivity contribution < 1.29 is 9.59 Å². The largest absolute Gasteiger partial charge is 0.332 e. The zero-order valence-corrected chi connectivity index (χ0v) is 13.4. The lowest BCUT2D eigenvalue weighted by atomic mass is 10.3. The molecule has 0 aliphatic rings. The Labute approximate surface area is 136 Å². The maximum atomic E-state index is 12.0. The Morgan fingerprint density at radius 1 is 1.24 bits per heavy atom. The van der Waals surface area contributed by atoms with E-state index in [9.17, 15) is 9.59 Å². The van der Waals surface area contributed by atoms with Crippen molar-refractivity contribution in [1.82, 2.24) is 4.90 Å². The number of rotatable bonds is 4. The molecule has 0 aliphatic carbocycles. The van der Waals surface area contributed by atoms with Crippen LogP contribution in [0.2, 0.25) is 10.0 Å². The van der Waals surface area contributed by atoms with Gasteiger partial charge in [0.15, 0.2) is 0 Å². The van der Waals surface area contributed by atoms with Crippen LogP contribution in [0.3, 0.4) is 0 Å². The van der Waals surface area contributed by atoms with Crippen molar-refractivity contribution in [2.45, 2.75) is 0 Å². The minimum atomic E-state index is -0.306. The normalized spacial score (nSPS) is 10.2. The van der Waals surface area contributed by atoms with Crippen LogP contribution in [-0.2, 0) is 4.79 Å². The number of carbonyl (C=O) groups is 2. The molecule has 7 heteroatoms. The third-order valence-electron chi connectivity index (χ3n) is 2.70. The van der Waals surface area contributed by atoms with Gasteiger partial charge < -0.3 is 10.2 Å². The number of likely N-dealkylation sites (N-methyl/N-ethyl adjacent to an activating group) is 1. The number of nitrogens with one attached hydrogen (secondary N) is 1. The first-order valence-electron chi connectivity index (χ1n) is 6.00. The Kier molecular flexibility index (Phi) is 5.22. The molecule has 0 saturated heterocycles. The summed E-state index contributed by atoms with van der Waals surface area (Å²) in [6.07, 6.45) is 0. The average molecular weight is 343 g/mol. The van der Waals surface area contributed by atoms with E-state index in [-0.39, 0.29) is 18.4 Å². The van der Waals surface area contributed by atoms with Gasteiger partial charge in [0.05, 0.1) is 22.2 Å². The number of hydrogen-bond acceptors (Lipinski definition) is 3. The molecule has 0 bridgehead atoms. The summed E-state index contributed by atoms with van der Waals surface area (Å²) in [4.78, 5) is 25.3. The Morgan fingerprint density at radius 2 is 2.00 bits per heavy atom. The van der Waals surface area contributed by atoms with Gasteiger partial charge in [-0.1, -0.05) is 23.2 Å². The molecule has 0 aliphatic heterocycles. The molecule has 2 rings (SSSR count). The third kappa shape index (κ3) is 4.20. The second-order valence-corrected chi connectivity index (χ2v) is 5.94. The smallest absolute Gasteiger partial charge is 0.254 e. The van der Waals surface area contributed by atoms with Crippen LogP contribution in [0, 0.1) is 0 Å². The van der Waals surface area contributed by atoms with Crippen molar-refractivity contribution in [2.24, 2.45) is 0 Å². The van der Waals surface area contributed by atoms with Crippen molar-refractivity contribution in [3.63, 3.8) is 0 Å². The van der Waals surface area contributed by atoms with Crippen LogP contribution in [0.4, 0.5) is 5.69 Å². The maximum absolute atomic E-state index is 12.0. The highest BCUT2D eigenvalue weighted by Crippen LogP contribution is 2.24. The van der Waals surface area contributed by atoms with Crippen molar-refractivity contribution >= 4 is 52.0 Å². The summed E-state index contributed by atoms with van der Waals surface area (Å²) in [6.45, 7) is -0.0467. The predicted molar refractivity (Wildman–Crippen MR) is 86.4 cm³/mol. The molecular weight excluding hydrogens is 331 g/mol. The summed E-state index contributed by atoms with van der Waals surface area (Å²) < 4.78 is 0. The number of thiophene rings is 1. The van der Waals surface area contributed by atoms with Gasteiger partial charge >= 0.3 is 0 Å². The van der Waals surface area contributed by atoms with E-state index in [4.69, 9.17) is 23.2 Å². The second-order valence-electron chi connectivity index (χ2n) is 4.35. The fourth-order valence-electron chi connectivity index (χ4n) is 1.67. The molecule has 1 aromatic heterocycles. The highest BCUT2D eigenvalue weighted by molar-refractivity contribution is 7.08. The van der Waals surface area contributed by atoms with Crippen molar-refractivity contribution in [2.75, 3.05) is 18.9 Å². The first kappa shape index (κ1) is 15.8. The van der Waals surface area contributed by atoms with Crippen LogP contribution in [0.15, 0.2) is 35.0 Å². The van der Waals surface area contributed by atoms with Crippen molar-refractivity contribution in [3.8, 4) is 0 Å². The van der Waals surface area contributed by atoms with Crippen molar-refractivity contribution in [3.05, 3.63) is 50.6 Å². The van der Waals surface area contributed by atoms with E-state index < -0.39 is 0 Å². The lowest BCUT2D eigenvalue weighted by Gasteiger charge is -2.16. The molecule has 0 atom stereocenters. The molecular formula is C14H12Cl2N2O2S. The van der Waals surface area contributed by atoms with Gasteiger partial charge in [-0.15, -0.1) is 0 Å². The molecule has 1 heterocycles. The SMILES string of the molecule is CN(CC(=O)Nc1ccc(Cl)c(Cl)c1)C(=O)c1ccsc1. The lowest BCUT2D eigenvalue weighted by Crippen LogP contribution is -2.34. The third-order valence-corrected chi connectivity index (χ3v) is 4.12. The highest BCUT2D eigenvalue weighted by atomic mass is 35.5. The Hall–Kier alpha value is -1.56. The minimum absolute atomic E-state index is 0.0467. The molecule has 0 spiro atoms. The van der Waals surface area contributed by atoms with Gasteiger partial charge in [0.25, 0.3) is 5.91 Å². The molecule has 1 aromatic carbocycles. The molecule has 0 saturated carbocycles. The first-order chi connectivity index (χ1) is 9.97. The Bertz CT molecular complexity index is 659. The topological polar surface area (TPSA) is 49.4 Å². The summed E-state index contributed by atoms with van der Waals surface area (Å²) in [7, 11) is 1.58. The minimum Gasteiger partial charge on any atom is -0.332 e. The van der Waals surface area contributed by atoms with E-state index in [2.05, 4.69) is 5.32 Å². The van der Waals surface area contributed by atoms with Crippen LogP contribution < -0.4 is 5.32 Å². The molecule has 2 amide bonds. The number of benzene rings is 1. The molecule has 4 nitrogen and oxygen atoms in total. The fourth-order valence-corrected chi connectivity index (χ4v) is 2.60. The summed E-state index contributed by atoms with van der Waals surface area (Å²) in [5.74, 6) is -0.500. The standard InChI is InChI=1S/C14H12Cl2N2O2S/c1-18(14(20)9-4-5-21-8-9)7-13(19)17-10-2-3-11(15)12(16)6-10/h2-6,8H,7H2,1H3,(H,17,19). The fraction of sp³-hybridized carbons (Fsp3) is 0.143. The summed E-state index contributed by atoms with van der Waals surface area (Å²) in [5, 5.41) is 7.00. The quantitative estimate of drug-likeness (QED) is 0.919. The Morgan fingerprint density at radius 3 is 2.62 bits per heavy atom. The zero-order valence-electron chi connectivity index (χ0n) is 11.1. The van der Waals surface area contributed by atoms with E-state index in [0.29, 0.717) is 21.3 Å². The number of nitrogens with zero attached hydrogens (tertiary/aromatic N) is 1. The number of hydrogen-bond donors (Lipinski definition) is 1. The van der Waals surface area contributed by atoms with E-state index in [1.165, 1.54) is 16.2 Å². The molecule has 110 valence electrons. The number of carbonyl (C=O) groups excluding carboxylic acids is 2. The average Bonchev–Trinajstić information content (AvgIpc) is 2.96. The molecule has 2 aromatic rings. The number of amides is 2. The molecule has 1 N–H and O–H groups in total. The van der Waals surface area contributed by atoms with Gasteiger partial charge in [0.2, 0.25) is 5.91 Å². The van der Waals surface area contributed by atoms with Crippen LogP contribution in [0.25, 0.3) is 0 Å². The highest BCUT2D eigenvalue weighted by Gasteiger charge is 2.15. The monoisotopic (exact) mass is 342 g/mol. The number of halogens is 2. The maximum Gasteiger partial charge on any atom is 0.254 e. The van der Waals surface area contributed by atoms with E-state index in [1.54, 1.807) is 36.7 Å². The van der Waals surface area contributed by atoms with Gasteiger partial charge in [-0.3, -0.25) is 9.59 Å². The molecule has 0 unspecified atom stereocenters. The second kappa shape index (κ2) is 6.93. The van der Waals surface area contributed by atoms with Crippen LogP contribution in [-0.4, -0.2) is 30.3 Å². The van der Waals surface area contributed by atoms with Gasteiger partial charge in [-0.2, -0.15) is 11.3 Å². The van der Waals surface area contributed by atoms with Gasteiger partial charge in [-0.25, -0.2) is 0 Å². The van der Waals surface area contributed by atoms with E-state index >= 15 is 0 Å². The molecule has 21 heavy (non-hydrogen) atoms. The Balaban J connectivity index is 1.95. The predicted octanol–water partition coefficient (Wildman–Crippen LogP) is 3.77. The number of anilines is 1. The first-order valence-corrected chi connectivity index (χ1v) is 7.70. The molecule has 0 radical (unpaired) electrons. The van der Waals surface area contributed by atoms with Gasteiger partial charge in [0.1, 0.15) is 0 Å². The summed E-state index contributed by atoms with van der Waals surface area (Å²) in [6, 6.07) is 6.52. The summed E-state index contributed by atoms with van der Waals surface area (Å²) >= 11 is 13.1. The molecule has 0 fully saturated rings. The van der Waals surface area contributed by atoms with Crippen molar-refractivity contribution in [1.29, 1.82) is 0 Å². The van der Waals surface area contributed by atoms with Crippen LogP contribution >= 0.6 is 34.5 Å². The van der Waals surface area contributed by atoms with Crippen LogP contribution in [0.5, 0.6) is 0 Å². The van der Waals surface area contributed by atoms with Gasteiger partial charge in [0, 0.05) is 18.1 Å². The lowest BCUT2D eigenvalue weighted by molar-refractivity contribution is -0.116. The van der Waals surface area contributed by atoms with Crippen LogP contribution in [0.1, 0.15) is 10.4 Å². The summed E-state index contributed by atoms with van der Waals surface area (Å²) in [5.41, 5.74) is 1.11.